The standard InChI is InChI=1S/C16H20N2O2/c1-3-10-17-14(19)16(8-9-16)15(20)18-11-13-7-5-4-6-12(13)2/h3-7H,1,8-11H2,2H3,(H,17,19)(H,18,20). The van der Waals surface area contributed by atoms with Crippen LogP contribution in [-0.4, -0.2) is 18.4 Å². The van der Waals surface area contributed by atoms with Crippen LogP contribution in [0.5, 0.6) is 0 Å². The van der Waals surface area contributed by atoms with Crippen LogP contribution in [-0.2, 0) is 16.1 Å². The summed E-state index contributed by atoms with van der Waals surface area (Å²) in [5.74, 6) is -0.373. The van der Waals surface area contributed by atoms with E-state index < -0.39 is 5.41 Å². The quantitative estimate of drug-likeness (QED) is 0.611. The number of hydrogen-bond acceptors (Lipinski definition) is 2. The number of rotatable bonds is 6. The van der Waals surface area contributed by atoms with Crippen molar-refractivity contribution in [3.8, 4) is 0 Å². The van der Waals surface area contributed by atoms with Crippen molar-refractivity contribution in [1.82, 2.24) is 10.6 Å². The Labute approximate surface area is 119 Å². The first-order valence-corrected chi connectivity index (χ1v) is 6.82. The van der Waals surface area contributed by atoms with E-state index in [4.69, 9.17) is 0 Å². The summed E-state index contributed by atoms with van der Waals surface area (Å²) in [4.78, 5) is 24.2. The van der Waals surface area contributed by atoms with E-state index in [2.05, 4.69) is 17.2 Å². The van der Waals surface area contributed by atoms with Crippen molar-refractivity contribution in [2.75, 3.05) is 6.54 Å². The van der Waals surface area contributed by atoms with Gasteiger partial charge in [0, 0.05) is 13.1 Å². The van der Waals surface area contributed by atoms with Crippen molar-refractivity contribution in [2.24, 2.45) is 5.41 Å². The molecule has 0 aliphatic heterocycles. The zero-order chi connectivity index (χ0) is 14.6. The molecule has 2 amide bonds. The van der Waals surface area contributed by atoms with Crippen LogP contribution in [0.2, 0.25) is 0 Å². The van der Waals surface area contributed by atoms with Gasteiger partial charge in [0.1, 0.15) is 5.41 Å². The van der Waals surface area contributed by atoms with E-state index >= 15 is 0 Å². The molecule has 1 aromatic carbocycles. The molecule has 0 bridgehead atoms. The highest BCUT2D eigenvalue weighted by Crippen LogP contribution is 2.46. The molecule has 1 aromatic rings. The molecular formula is C16H20N2O2. The summed E-state index contributed by atoms with van der Waals surface area (Å²) in [5, 5.41) is 5.58. The number of benzene rings is 1. The van der Waals surface area contributed by atoms with Gasteiger partial charge in [-0.2, -0.15) is 0 Å². The van der Waals surface area contributed by atoms with Crippen LogP contribution in [0.15, 0.2) is 36.9 Å². The Morgan fingerprint density at radius 1 is 1.25 bits per heavy atom. The van der Waals surface area contributed by atoms with Gasteiger partial charge in [-0.1, -0.05) is 30.3 Å². The summed E-state index contributed by atoms with van der Waals surface area (Å²) in [7, 11) is 0. The second-order valence-electron chi connectivity index (χ2n) is 5.19. The average Bonchev–Trinajstić information content (AvgIpc) is 3.25. The van der Waals surface area contributed by atoms with Crippen LogP contribution >= 0.6 is 0 Å². The van der Waals surface area contributed by atoms with Gasteiger partial charge in [0.05, 0.1) is 0 Å². The Balaban J connectivity index is 1.93. The van der Waals surface area contributed by atoms with Gasteiger partial charge in [-0.15, -0.1) is 6.58 Å². The maximum atomic E-state index is 12.2. The molecule has 0 unspecified atom stereocenters. The molecule has 0 aromatic heterocycles. The van der Waals surface area contributed by atoms with E-state index in [1.165, 1.54) is 0 Å². The van der Waals surface area contributed by atoms with Gasteiger partial charge >= 0.3 is 0 Å². The number of amides is 2. The van der Waals surface area contributed by atoms with Gasteiger partial charge in [-0.3, -0.25) is 9.59 Å². The van der Waals surface area contributed by atoms with Crippen molar-refractivity contribution in [2.45, 2.75) is 26.3 Å². The Morgan fingerprint density at radius 2 is 1.90 bits per heavy atom. The van der Waals surface area contributed by atoms with Crippen molar-refractivity contribution in [1.29, 1.82) is 0 Å². The van der Waals surface area contributed by atoms with Crippen LogP contribution in [0.4, 0.5) is 0 Å². The van der Waals surface area contributed by atoms with E-state index in [0.717, 1.165) is 11.1 Å². The van der Waals surface area contributed by atoms with Crippen molar-refractivity contribution in [3.63, 3.8) is 0 Å². The minimum atomic E-state index is -0.855. The van der Waals surface area contributed by atoms with Gasteiger partial charge in [0.25, 0.3) is 0 Å². The highest BCUT2D eigenvalue weighted by molar-refractivity contribution is 6.07. The van der Waals surface area contributed by atoms with Gasteiger partial charge in [-0.25, -0.2) is 0 Å². The summed E-state index contributed by atoms with van der Waals surface area (Å²) in [6.45, 7) is 6.41. The van der Waals surface area contributed by atoms with Crippen molar-refractivity contribution < 1.29 is 9.59 Å². The molecule has 2 rings (SSSR count). The number of hydrogen-bond donors (Lipinski definition) is 2. The third-order valence-corrected chi connectivity index (χ3v) is 3.73. The topological polar surface area (TPSA) is 58.2 Å². The van der Waals surface area contributed by atoms with Gasteiger partial charge in [0.15, 0.2) is 0 Å². The predicted molar refractivity (Wildman–Crippen MR) is 77.9 cm³/mol. The lowest BCUT2D eigenvalue weighted by molar-refractivity contribution is -0.137. The predicted octanol–water partition coefficient (Wildman–Crippen LogP) is 1.69. The van der Waals surface area contributed by atoms with Crippen LogP contribution in [0, 0.1) is 12.3 Å². The summed E-state index contributed by atoms with van der Waals surface area (Å²) >= 11 is 0. The van der Waals surface area contributed by atoms with Crippen LogP contribution in [0.3, 0.4) is 0 Å². The lowest BCUT2D eigenvalue weighted by Crippen LogP contribution is -2.42. The first-order valence-electron chi connectivity index (χ1n) is 6.82. The number of nitrogens with one attached hydrogen (secondary N) is 2. The molecular weight excluding hydrogens is 252 g/mol. The van der Waals surface area contributed by atoms with E-state index in [9.17, 15) is 9.59 Å². The van der Waals surface area contributed by atoms with Gasteiger partial charge < -0.3 is 10.6 Å². The Hall–Kier alpha value is -2.10. The summed E-state index contributed by atoms with van der Waals surface area (Å²) < 4.78 is 0. The van der Waals surface area contributed by atoms with Crippen LogP contribution in [0.25, 0.3) is 0 Å². The molecule has 1 fully saturated rings. The summed E-state index contributed by atoms with van der Waals surface area (Å²) in [6.07, 6.45) is 2.85. The zero-order valence-corrected chi connectivity index (χ0v) is 11.7. The fourth-order valence-corrected chi connectivity index (χ4v) is 2.17. The largest absolute Gasteiger partial charge is 0.352 e. The molecule has 1 aliphatic rings. The molecule has 106 valence electrons. The second kappa shape index (κ2) is 5.90. The van der Waals surface area contributed by atoms with E-state index in [-0.39, 0.29) is 11.8 Å². The third-order valence-electron chi connectivity index (χ3n) is 3.73. The maximum absolute atomic E-state index is 12.2. The minimum absolute atomic E-state index is 0.178. The first-order chi connectivity index (χ1) is 9.60. The lowest BCUT2D eigenvalue weighted by Gasteiger charge is -2.15. The highest BCUT2D eigenvalue weighted by Gasteiger charge is 2.56. The fourth-order valence-electron chi connectivity index (χ4n) is 2.17. The van der Waals surface area contributed by atoms with Crippen LogP contribution in [0.1, 0.15) is 24.0 Å². The van der Waals surface area contributed by atoms with E-state index in [1.54, 1.807) is 6.08 Å². The molecule has 0 atom stereocenters. The minimum Gasteiger partial charge on any atom is -0.352 e. The van der Waals surface area contributed by atoms with Crippen LogP contribution < -0.4 is 10.6 Å². The second-order valence-corrected chi connectivity index (χ2v) is 5.19. The van der Waals surface area contributed by atoms with Gasteiger partial charge in [0.2, 0.25) is 11.8 Å². The number of aryl methyl sites for hydroxylation is 1. The molecule has 0 saturated heterocycles. The molecule has 0 spiro atoms. The molecule has 4 nitrogen and oxygen atoms in total. The van der Waals surface area contributed by atoms with E-state index in [1.807, 2.05) is 31.2 Å². The maximum Gasteiger partial charge on any atom is 0.235 e. The summed E-state index contributed by atoms with van der Waals surface area (Å²) in [6, 6.07) is 7.89. The fraction of sp³-hybridized carbons (Fsp3) is 0.375. The Kier molecular flexibility index (Phi) is 4.23. The molecule has 0 radical (unpaired) electrons. The molecule has 2 N–H and O–H groups in total. The molecule has 20 heavy (non-hydrogen) atoms. The molecule has 1 saturated carbocycles. The van der Waals surface area contributed by atoms with E-state index in [0.29, 0.717) is 25.9 Å². The molecule has 1 aliphatic carbocycles. The molecule has 4 heteroatoms. The highest BCUT2D eigenvalue weighted by atomic mass is 16.2. The van der Waals surface area contributed by atoms with Gasteiger partial charge in [-0.05, 0) is 30.9 Å². The first kappa shape index (κ1) is 14.3. The number of carbonyl (C=O) groups excluding carboxylic acids is 2. The monoisotopic (exact) mass is 272 g/mol. The normalized spacial score (nSPS) is 15.2. The van der Waals surface area contributed by atoms with Crippen molar-refractivity contribution >= 4 is 11.8 Å². The average molecular weight is 272 g/mol. The smallest absolute Gasteiger partial charge is 0.235 e. The Morgan fingerprint density at radius 3 is 2.50 bits per heavy atom. The number of carbonyl (C=O) groups is 2. The third kappa shape index (κ3) is 2.90. The lowest BCUT2D eigenvalue weighted by atomic mass is 10.0. The molecule has 0 heterocycles. The summed E-state index contributed by atoms with van der Waals surface area (Å²) in [5.41, 5.74) is 1.35. The zero-order valence-electron chi connectivity index (χ0n) is 11.7. The van der Waals surface area contributed by atoms with Crippen molar-refractivity contribution in [3.05, 3.63) is 48.0 Å². The Bertz CT molecular complexity index is 533. The SMILES string of the molecule is C=CCNC(=O)C1(C(=O)NCc2ccccc2C)CC1.